The molecule has 3 heterocycles. The Morgan fingerprint density at radius 2 is 1.96 bits per heavy atom. The minimum absolute atomic E-state index is 0.109. The first kappa shape index (κ1) is 14.8. The highest BCUT2D eigenvalue weighted by Gasteiger charge is 2.23. The van der Waals surface area contributed by atoms with Crippen molar-refractivity contribution in [2.75, 3.05) is 12.1 Å². The lowest BCUT2D eigenvalue weighted by atomic mass is 10.0. The van der Waals surface area contributed by atoms with Crippen molar-refractivity contribution in [3.63, 3.8) is 0 Å². The lowest BCUT2D eigenvalue weighted by Gasteiger charge is -2.19. The van der Waals surface area contributed by atoms with Crippen LogP contribution in [0.15, 0.2) is 48.7 Å². The highest BCUT2D eigenvalue weighted by Crippen LogP contribution is 2.37. The summed E-state index contributed by atoms with van der Waals surface area (Å²) in [6, 6.07) is 13.1. The third kappa shape index (κ3) is 2.45. The van der Waals surface area contributed by atoms with Gasteiger partial charge in [0.25, 0.3) is 0 Å². The van der Waals surface area contributed by atoms with Gasteiger partial charge in [-0.05, 0) is 24.3 Å². The number of hydrogen-bond acceptors (Lipinski definition) is 5. The first-order valence-corrected chi connectivity index (χ1v) is 8.24. The van der Waals surface area contributed by atoms with Crippen LogP contribution in [0.4, 0.5) is 5.69 Å². The van der Waals surface area contributed by atoms with Gasteiger partial charge in [-0.1, -0.05) is 12.1 Å². The van der Waals surface area contributed by atoms with Gasteiger partial charge in [-0.2, -0.15) is 5.10 Å². The van der Waals surface area contributed by atoms with Gasteiger partial charge in [-0.15, -0.1) is 0 Å². The van der Waals surface area contributed by atoms with Crippen LogP contribution in [0.2, 0.25) is 0 Å². The van der Waals surface area contributed by atoms with Crippen LogP contribution in [-0.2, 0) is 17.9 Å². The van der Waals surface area contributed by atoms with Gasteiger partial charge in [0.1, 0.15) is 18.9 Å². The van der Waals surface area contributed by atoms with Gasteiger partial charge >= 0.3 is 0 Å². The summed E-state index contributed by atoms with van der Waals surface area (Å²) >= 11 is 0. The summed E-state index contributed by atoms with van der Waals surface area (Å²) in [5, 5.41) is 7.24. The van der Waals surface area contributed by atoms with Crippen molar-refractivity contribution in [3.8, 4) is 28.5 Å². The van der Waals surface area contributed by atoms with Crippen molar-refractivity contribution in [2.45, 2.75) is 13.2 Å². The maximum absolute atomic E-state index is 12.5. The summed E-state index contributed by atoms with van der Waals surface area (Å²) in [7, 11) is 0. The predicted molar refractivity (Wildman–Crippen MR) is 93.2 cm³/mol. The number of amides is 1. The molecule has 0 saturated carbocycles. The molecule has 0 atom stereocenters. The molecule has 3 aromatic rings. The SMILES string of the molecule is O=C(Cn1ncc2c1-c1ccccc1OC2)Nc1ccc2c(c1)OCO2. The summed E-state index contributed by atoms with van der Waals surface area (Å²) in [5.74, 6) is 1.95. The molecule has 0 fully saturated rings. The Morgan fingerprint density at radius 1 is 1.08 bits per heavy atom. The minimum Gasteiger partial charge on any atom is -0.488 e. The highest BCUT2D eigenvalue weighted by molar-refractivity contribution is 5.91. The topological polar surface area (TPSA) is 74.6 Å². The fourth-order valence-corrected chi connectivity index (χ4v) is 3.22. The van der Waals surface area contributed by atoms with Gasteiger partial charge in [0.2, 0.25) is 12.7 Å². The molecule has 1 N–H and O–H groups in total. The van der Waals surface area contributed by atoms with Crippen molar-refractivity contribution in [2.24, 2.45) is 0 Å². The Morgan fingerprint density at radius 3 is 2.92 bits per heavy atom. The first-order valence-electron chi connectivity index (χ1n) is 8.24. The average Bonchev–Trinajstić information content (AvgIpc) is 3.28. The zero-order valence-corrected chi connectivity index (χ0v) is 13.8. The predicted octanol–water partition coefficient (Wildman–Crippen LogP) is 2.81. The Bertz CT molecular complexity index is 1010. The maximum atomic E-state index is 12.5. The minimum atomic E-state index is -0.168. The first-order chi connectivity index (χ1) is 12.8. The second kappa shape index (κ2) is 5.80. The van der Waals surface area contributed by atoms with Crippen LogP contribution >= 0.6 is 0 Å². The average molecular weight is 349 g/mol. The Kier molecular flexibility index (Phi) is 3.31. The van der Waals surface area contributed by atoms with E-state index in [2.05, 4.69) is 10.4 Å². The number of para-hydroxylation sites is 1. The van der Waals surface area contributed by atoms with E-state index in [9.17, 15) is 4.79 Å². The summed E-state index contributed by atoms with van der Waals surface area (Å²) < 4.78 is 18.0. The highest BCUT2D eigenvalue weighted by atomic mass is 16.7. The Hall–Kier alpha value is -3.48. The molecule has 0 unspecified atom stereocenters. The number of nitrogens with zero attached hydrogens (tertiary/aromatic N) is 2. The van der Waals surface area contributed by atoms with E-state index in [-0.39, 0.29) is 19.2 Å². The molecule has 0 aliphatic carbocycles. The lowest BCUT2D eigenvalue weighted by Crippen LogP contribution is -2.20. The summed E-state index contributed by atoms with van der Waals surface area (Å²) in [6.45, 7) is 0.766. The van der Waals surface area contributed by atoms with Crippen LogP contribution in [-0.4, -0.2) is 22.5 Å². The molecule has 0 spiro atoms. The van der Waals surface area contributed by atoms with Crippen LogP contribution in [0.5, 0.6) is 17.2 Å². The number of hydrogen-bond donors (Lipinski definition) is 1. The van der Waals surface area contributed by atoms with Gasteiger partial charge in [-0.25, -0.2) is 0 Å². The van der Waals surface area contributed by atoms with Crippen molar-refractivity contribution in [1.29, 1.82) is 0 Å². The molecule has 1 amide bonds. The maximum Gasteiger partial charge on any atom is 0.246 e. The van der Waals surface area contributed by atoms with Crippen LogP contribution in [0.1, 0.15) is 5.56 Å². The van der Waals surface area contributed by atoms with E-state index in [0.29, 0.717) is 23.8 Å². The number of ether oxygens (including phenoxy) is 3. The molecule has 1 aromatic heterocycles. The number of nitrogens with one attached hydrogen (secondary N) is 1. The number of carbonyl (C=O) groups is 1. The van der Waals surface area contributed by atoms with Gasteiger partial charge in [0.15, 0.2) is 11.5 Å². The summed E-state index contributed by atoms with van der Waals surface area (Å²) in [6.07, 6.45) is 1.75. The van der Waals surface area contributed by atoms with Crippen LogP contribution in [0, 0.1) is 0 Å². The number of rotatable bonds is 3. The summed E-state index contributed by atoms with van der Waals surface area (Å²) in [5.41, 5.74) is 3.50. The van der Waals surface area contributed by atoms with Gasteiger partial charge in [0, 0.05) is 22.9 Å². The van der Waals surface area contributed by atoms with Gasteiger partial charge in [0.05, 0.1) is 11.9 Å². The Balaban J connectivity index is 1.38. The standard InChI is InChI=1S/C19H15N3O4/c23-18(21-13-5-6-16-17(7-13)26-11-25-16)9-22-19-12(8-20-22)10-24-15-4-2-1-3-14(15)19/h1-8H,9-11H2,(H,21,23). The molecule has 2 aliphatic rings. The van der Waals surface area contributed by atoms with E-state index < -0.39 is 0 Å². The van der Waals surface area contributed by atoms with Gasteiger partial charge < -0.3 is 19.5 Å². The molecule has 7 nitrogen and oxygen atoms in total. The molecule has 130 valence electrons. The van der Waals surface area contributed by atoms with E-state index in [1.165, 1.54) is 0 Å². The molecule has 0 bridgehead atoms. The quantitative estimate of drug-likeness (QED) is 0.787. The number of aromatic nitrogens is 2. The zero-order valence-electron chi connectivity index (χ0n) is 13.8. The third-order valence-corrected chi connectivity index (χ3v) is 4.39. The van der Waals surface area contributed by atoms with E-state index >= 15 is 0 Å². The molecule has 0 radical (unpaired) electrons. The van der Waals surface area contributed by atoms with E-state index in [4.69, 9.17) is 14.2 Å². The number of anilines is 1. The molecular formula is C19H15N3O4. The second-order valence-electron chi connectivity index (χ2n) is 6.08. The largest absolute Gasteiger partial charge is 0.488 e. The molecule has 0 saturated heterocycles. The second-order valence-corrected chi connectivity index (χ2v) is 6.08. The van der Waals surface area contributed by atoms with Crippen LogP contribution in [0.3, 0.4) is 0 Å². The zero-order chi connectivity index (χ0) is 17.5. The van der Waals surface area contributed by atoms with E-state index in [1.807, 2.05) is 24.3 Å². The number of carbonyl (C=O) groups excluding carboxylic acids is 1. The normalized spacial score (nSPS) is 13.5. The summed E-state index contributed by atoms with van der Waals surface area (Å²) in [4.78, 5) is 12.5. The monoisotopic (exact) mass is 349 g/mol. The Labute approximate surface area is 149 Å². The number of benzene rings is 2. The molecule has 26 heavy (non-hydrogen) atoms. The van der Waals surface area contributed by atoms with E-state index in [0.717, 1.165) is 22.6 Å². The third-order valence-electron chi connectivity index (χ3n) is 4.39. The van der Waals surface area contributed by atoms with Gasteiger partial charge in [-0.3, -0.25) is 9.48 Å². The molecule has 2 aromatic carbocycles. The van der Waals surface area contributed by atoms with Crippen molar-refractivity contribution in [1.82, 2.24) is 9.78 Å². The lowest BCUT2D eigenvalue weighted by molar-refractivity contribution is -0.116. The fourth-order valence-electron chi connectivity index (χ4n) is 3.22. The fraction of sp³-hybridized carbons (Fsp3) is 0.158. The van der Waals surface area contributed by atoms with Crippen LogP contribution < -0.4 is 19.5 Å². The van der Waals surface area contributed by atoms with E-state index in [1.54, 1.807) is 29.1 Å². The van der Waals surface area contributed by atoms with Crippen molar-refractivity contribution in [3.05, 3.63) is 54.2 Å². The molecule has 7 heteroatoms. The van der Waals surface area contributed by atoms with Crippen LogP contribution in [0.25, 0.3) is 11.3 Å². The van der Waals surface area contributed by atoms with Crippen molar-refractivity contribution >= 4 is 11.6 Å². The van der Waals surface area contributed by atoms with Crippen molar-refractivity contribution < 1.29 is 19.0 Å². The smallest absolute Gasteiger partial charge is 0.246 e. The molecule has 2 aliphatic heterocycles. The molecule has 5 rings (SSSR count). The molecular weight excluding hydrogens is 334 g/mol. The number of fused-ring (bicyclic) bond motifs is 4.